The van der Waals surface area contributed by atoms with Crippen molar-refractivity contribution in [2.75, 3.05) is 27.2 Å². The number of rotatable bonds is 4. The van der Waals surface area contributed by atoms with Gasteiger partial charge >= 0.3 is 5.97 Å². The molecule has 0 aromatic carbocycles. The summed E-state index contributed by atoms with van der Waals surface area (Å²) in [5.41, 5.74) is 0.0283. The first-order valence-corrected chi connectivity index (χ1v) is 6.14. The Hall–Kier alpha value is -1.89. The summed E-state index contributed by atoms with van der Waals surface area (Å²) in [6.07, 6.45) is 2.20. The summed E-state index contributed by atoms with van der Waals surface area (Å²) in [6, 6.07) is 1.50. The lowest BCUT2D eigenvalue weighted by Gasteiger charge is -2.25. The minimum atomic E-state index is -1.23. The highest BCUT2D eigenvalue weighted by atomic mass is 16.5. The van der Waals surface area contributed by atoms with E-state index in [0.29, 0.717) is 12.6 Å². The second-order valence-electron chi connectivity index (χ2n) is 4.84. The Balaban J connectivity index is 1.99. The largest absolute Gasteiger partial charge is 0.475 e. The van der Waals surface area contributed by atoms with Crippen LogP contribution in [-0.4, -0.2) is 65.2 Å². The Morgan fingerprint density at radius 1 is 1.63 bits per heavy atom. The lowest BCUT2D eigenvalue weighted by Crippen LogP contribution is -2.39. The van der Waals surface area contributed by atoms with Crippen LogP contribution in [0.4, 0.5) is 0 Å². The molecule has 1 amide bonds. The van der Waals surface area contributed by atoms with Crippen molar-refractivity contribution < 1.29 is 19.2 Å². The number of hydrogen-bond donors (Lipinski definition) is 1. The Bertz CT molecular complexity index is 485. The lowest BCUT2D eigenvalue weighted by atomic mass is 10.2. The monoisotopic (exact) mass is 267 g/mol. The molecule has 0 spiro atoms. The van der Waals surface area contributed by atoms with Crippen molar-refractivity contribution in [2.24, 2.45) is 0 Å². The predicted molar refractivity (Wildman–Crippen MR) is 66.1 cm³/mol. The van der Waals surface area contributed by atoms with Gasteiger partial charge in [0, 0.05) is 25.7 Å². The van der Waals surface area contributed by atoms with Gasteiger partial charge in [0.1, 0.15) is 0 Å². The molecule has 1 aliphatic heterocycles. The number of carboxylic acids is 1. The van der Waals surface area contributed by atoms with Crippen molar-refractivity contribution in [1.82, 2.24) is 15.0 Å². The maximum absolute atomic E-state index is 12.1. The number of carboxylic acid groups (broad SMARTS) is 1. The Kier molecular flexibility index (Phi) is 3.84. The summed E-state index contributed by atoms with van der Waals surface area (Å²) in [5, 5.41) is 12.2. The molecule has 0 radical (unpaired) electrons. The van der Waals surface area contributed by atoms with Crippen molar-refractivity contribution in [3.63, 3.8) is 0 Å². The van der Waals surface area contributed by atoms with Gasteiger partial charge in [-0.1, -0.05) is 5.16 Å². The van der Waals surface area contributed by atoms with E-state index >= 15 is 0 Å². The number of aromatic nitrogens is 1. The summed E-state index contributed by atoms with van der Waals surface area (Å²) >= 11 is 0. The number of likely N-dealkylation sites (N-methyl/N-ethyl adjacent to an activating group) is 2. The first-order chi connectivity index (χ1) is 8.99. The maximum atomic E-state index is 12.1. The molecule has 1 aliphatic rings. The average molecular weight is 267 g/mol. The van der Waals surface area contributed by atoms with Gasteiger partial charge in [-0.15, -0.1) is 0 Å². The van der Waals surface area contributed by atoms with Crippen LogP contribution in [-0.2, 0) is 0 Å². The van der Waals surface area contributed by atoms with E-state index in [1.807, 2.05) is 7.05 Å². The minimum Gasteiger partial charge on any atom is -0.475 e. The SMILES string of the molecule is CN(CC1CCCN1C)C(=O)c1cc(C(=O)O)on1. The molecule has 19 heavy (non-hydrogen) atoms. The van der Waals surface area contributed by atoms with Crippen LogP contribution in [0.5, 0.6) is 0 Å². The summed E-state index contributed by atoms with van der Waals surface area (Å²) < 4.78 is 4.58. The van der Waals surface area contributed by atoms with Crippen molar-refractivity contribution in [1.29, 1.82) is 0 Å². The molecule has 1 aromatic heterocycles. The molecule has 7 nitrogen and oxygen atoms in total. The number of carbonyl (C=O) groups is 2. The number of hydrogen-bond acceptors (Lipinski definition) is 5. The molecule has 0 bridgehead atoms. The zero-order valence-electron chi connectivity index (χ0n) is 11.0. The van der Waals surface area contributed by atoms with Gasteiger partial charge in [-0.25, -0.2) is 4.79 Å². The van der Waals surface area contributed by atoms with Crippen LogP contribution in [0.15, 0.2) is 10.6 Å². The van der Waals surface area contributed by atoms with Crippen LogP contribution >= 0.6 is 0 Å². The third-order valence-corrected chi connectivity index (χ3v) is 3.44. The molecule has 1 fully saturated rings. The van der Waals surface area contributed by atoms with Gasteiger partial charge in [0.05, 0.1) is 0 Å². The molecule has 1 aromatic rings. The zero-order chi connectivity index (χ0) is 14.0. The van der Waals surface area contributed by atoms with Gasteiger partial charge in [0.15, 0.2) is 5.69 Å². The molecule has 2 rings (SSSR count). The van der Waals surface area contributed by atoms with Crippen molar-refractivity contribution in [3.05, 3.63) is 17.5 Å². The third-order valence-electron chi connectivity index (χ3n) is 3.44. The van der Waals surface area contributed by atoms with E-state index in [4.69, 9.17) is 5.11 Å². The van der Waals surface area contributed by atoms with Gasteiger partial charge in [0.25, 0.3) is 5.91 Å². The summed E-state index contributed by atoms with van der Waals surface area (Å²) in [4.78, 5) is 26.5. The third kappa shape index (κ3) is 2.93. The highest BCUT2D eigenvalue weighted by molar-refractivity contribution is 5.94. The molecule has 1 saturated heterocycles. The zero-order valence-corrected chi connectivity index (χ0v) is 11.0. The van der Waals surface area contributed by atoms with Crippen LogP contribution in [0.1, 0.15) is 33.9 Å². The Morgan fingerprint density at radius 3 is 2.89 bits per heavy atom. The minimum absolute atomic E-state index is 0.0283. The van der Waals surface area contributed by atoms with E-state index in [1.165, 1.54) is 0 Å². The van der Waals surface area contributed by atoms with Crippen LogP contribution in [0.2, 0.25) is 0 Å². The van der Waals surface area contributed by atoms with Gasteiger partial charge < -0.3 is 19.4 Å². The molecular weight excluding hydrogens is 250 g/mol. The van der Waals surface area contributed by atoms with Crippen molar-refractivity contribution >= 4 is 11.9 Å². The molecule has 1 N–H and O–H groups in total. The first-order valence-electron chi connectivity index (χ1n) is 6.14. The molecule has 0 aliphatic carbocycles. The number of nitrogens with zero attached hydrogens (tertiary/aromatic N) is 3. The summed E-state index contributed by atoms with van der Waals surface area (Å²) in [6.45, 7) is 1.64. The first kappa shape index (κ1) is 13.5. The number of amides is 1. The number of aromatic carboxylic acids is 1. The van der Waals surface area contributed by atoms with E-state index in [2.05, 4.69) is 14.6 Å². The number of carbonyl (C=O) groups excluding carboxylic acids is 1. The van der Waals surface area contributed by atoms with Crippen molar-refractivity contribution in [2.45, 2.75) is 18.9 Å². The van der Waals surface area contributed by atoms with Crippen LogP contribution in [0.3, 0.4) is 0 Å². The Labute approximate surface area is 110 Å². The summed E-state index contributed by atoms with van der Waals surface area (Å²) in [7, 11) is 3.72. The predicted octanol–water partition coefficient (Wildman–Crippen LogP) is 0.539. The van der Waals surface area contributed by atoms with Gasteiger partial charge in [-0.05, 0) is 26.4 Å². The molecule has 7 heteroatoms. The second-order valence-corrected chi connectivity index (χ2v) is 4.84. The highest BCUT2D eigenvalue weighted by Gasteiger charge is 2.26. The highest BCUT2D eigenvalue weighted by Crippen LogP contribution is 2.16. The normalized spacial score (nSPS) is 19.6. The van der Waals surface area contributed by atoms with Crippen LogP contribution in [0.25, 0.3) is 0 Å². The fourth-order valence-corrected chi connectivity index (χ4v) is 2.28. The number of likely N-dealkylation sites (tertiary alicyclic amines) is 1. The molecule has 0 saturated carbocycles. The molecule has 104 valence electrons. The fourth-order valence-electron chi connectivity index (χ4n) is 2.28. The topological polar surface area (TPSA) is 86.9 Å². The van der Waals surface area contributed by atoms with Gasteiger partial charge in [-0.2, -0.15) is 0 Å². The van der Waals surface area contributed by atoms with E-state index in [-0.39, 0.29) is 17.4 Å². The quantitative estimate of drug-likeness (QED) is 0.856. The molecular formula is C12H17N3O4. The van der Waals surface area contributed by atoms with E-state index in [9.17, 15) is 9.59 Å². The van der Waals surface area contributed by atoms with E-state index in [0.717, 1.165) is 25.5 Å². The molecule has 2 heterocycles. The van der Waals surface area contributed by atoms with E-state index in [1.54, 1.807) is 11.9 Å². The lowest BCUT2D eigenvalue weighted by molar-refractivity contribution is 0.0649. The summed E-state index contributed by atoms with van der Waals surface area (Å²) in [5.74, 6) is -1.88. The van der Waals surface area contributed by atoms with Crippen LogP contribution in [0, 0.1) is 0 Å². The van der Waals surface area contributed by atoms with Gasteiger partial charge in [-0.3, -0.25) is 4.79 Å². The Morgan fingerprint density at radius 2 is 2.37 bits per heavy atom. The smallest absolute Gasteiger partial charge is 0.374 e. The maximum Gasteiger partial charge on any atom is 0.374 e. The second kappa shape index (κ2) is 5.40. The van der Waals surface area contributed by atoms with Crippen molar-refractivity contribution in [3.8, 4) is 0 Å². The molecule has 1 unspecified atom stereocenters. The van der Waals surface area contributed by atoms with Gasteiger partial charge in [0.2, 0.25) is 5.76 Å². The van der Waals surface area contributed by atoms with Crippen LogP contribution < -0.4 is 0 Å². The standard InChI is InChI=1S/C12H17N3O4/c1-14-5-3-4-8(14)7-15(2)11(16)9-6-10(12(17)18)19-13-9/h6,8H,3-5,7H2,1-2H3,(H,17,18). The average Bonchev–Trinajstić information content (AvgIpc) is 2.98. The fraction of sp³-hybridized carbons (Fsp3) is 0.583. The molecule has 1 atom stereocenters. The van der Waals surface area contributed by atoms with E-state index < -0.39 is 5.97 Å².